The second kappa shape index (κ2) is 7.38. The Morgan fingerprint density at radius 2 is 1.82 bits per heavy atom. The lowest BCUT2D eigenvalue weighted by atomic mass is 9.94. The van der Waals surface area contributed by atoms with Gasteiger partial charge in [-0.15, -0.1) is 0 Å². The van der Waals surface area contributed by atoms with Gasteiger partial charge in [0.05, 0.1) is 6.04 Å². The van der Waals surface area contributed by atoms with Crippen molar-refractivity contribution in [1.82, 2.24) is 5.32 Å². The minimum Gasteiger partial charge on any atom is -0.309 e. The molecule has 0 amide bonds. The molecule has 0 spiro atoms. The molecule has 2 atom stereocenters. The van der Waals surface area contributed by atoms with E-state index in [9.17, 15) is 8.78 Å². The van der Waals surface area contributed by atoms with Crippen LogP contribution in [0.2, 0.25) is 0 Å². The third-order valence-electron chi connectivity index (χ3n) is 2.94. The van der Waals surface area contributed by atoms with Crippen molar-refractivity contribution in [3.63, 3.8) is 0 Å². The Bertz CT molecular complexity index is 300. The monoisotopic (exact) mass is 241 g/mol. The molecule has 1 aromatic rings. The minimum atomic E-state index is -2.30. The highest BCUT2D eigenvalue weighted by Gasteiger charge is 2.22. The smallest absolute Gasteiger partial charge is 0.253 e. The van der Waals surface area contributed by atoms with E-state index in [1.807, 2.05) is 44.2 Å². The molecule has 0 aromatic heterocycles. The summed E-state index contributed by atoms with van der Waals surface area (Å²) in [7, 11) is 0. The summed E-state index contributed by atoms with van der Waals surface area (Å²) in [5.41, 5.74) is 1.12. The van der Waals surface area contributed by atoms with E-state index in [-0.39, 0.29) is 5.92 Å². The van der Waals surface area contributed by atoms with Crippen molar-refractivity contribution in [2.45, 2.75) is 45.1 Å². The lowest BCUT2D eigenvalue weighted by Gasteiger charge is -2.21. The zero-order valence-electron chi connectivity index (χ0n) is 10.5. The number of rotatable bonds is 7. The predicted molar refractivity (Wildman–Crippen MR) is 67.6 cm³/mol. The highest BCUT2D eigenvalue weighted by molar-refractivity contribution is 5.18. The first kappa shape index (κ1) is 14.1. The molecule has 1 N–H and O–H groups in total. The van der Waals surface area contributed by atoms with Crippen molar-refractivity contribution in [3.05, 3.63) is 35.9 Å². The van der Waals surface area contributed by atoms with Crippen LogP contribution in [0.4, 0.5) is 8.78 Å². The SMILES string of the molecule is CCCNC(CC(C)c1ccccc1)C(F)F. The predicted octanol–water partition coefficient (Wildman–Crippen LogP) is 3.81. The molecule has 1 nitrogen and oxygen atoms in total. The van der Waals surface area contributed by atoms with Crippen LogP contribution >= 0.6 is 0 Å². The highest BCUT2D eigenvalue weighted by atomic mass is 19.3. The molecule has 2 unspecified atom stereocenters. The summed E-state index contributed by atoms with van der Waals surface area (Å²) < 4.78 is 25.7. The third kappa shape index (κ3) is 4.82. The summed E-state index contributed by atoms with van der Waals surface area (Å²) in [4.78, 5) is 0. The lowest BCUT2D eigenvalue weighted by Crippen LogP contribution is -2.37. The van der Waals surface area contributed by atoms with Gasteiger partial charge in [-0.25, -0.2) is 8.78 Å². The number of benzene rings is 1. The molecule has 0 bridgehead atoms. The Kier molecular flexibility index (Phi) is 6.12. The van der Waals surface area contributed by atoms with Gasteiger partial charge in [0, 0.05) is 0 Å². The van der Waals surface area contributed by atoms with E-state index in [1.54, 1.807) is 0 Å². The van der Waals surface area contributed by atoms with E-state index < -0.39 is 12.5 Å². The number of alkyl halides is 2. The largest absolute Gasteiger partial charge is 0.309 e. The van der Waals surface area contributed by atoms with E-state index in [0.29, 0.717) is 13.0 Å². The zero-order chi connectivity index (χ0) is 12.7. The van der Waals surface area contributed by atoms with Gasteiger partial charge in [0.1, 0.15) is 0 Å². The Hall–Kier alpha value is -0.960. The van der Waals surface area contributed by atoms with Gasteiger partial charge >= 0.3 is 0 Å². The van der Waals surface area contributed by atoms with Gasteiger partial charge in [0.2, 0.25) is 0 Å². The van der Waals surface area contributed by atoms with Gasteiger partial charge < -0.3 is 5.32 Å². The van der Waals surface area contributed by atoms with Gasteiger partial charge in [-0.05, 0) is 30.9 Å². The number of halogens is 2. The number of hydrogen-bond acceptors (Lipinski definition) is 1. The van der Waals surface area contributed by atoms with Crippen molar-refractivity contribution in [3.8, 4) is 0 Å². The first-order chi connectivity index (χ1) is 8.15. The maximum Gasteiger partial charge on any atom is 0.253 e. The molecule has 0 heterocycles. The molecule has 0 radical (unpaired) electrons. The molecule has 17 heavy (non-hydrogen) atoms. The summed E-state index contributed by atoms with van der Waals surface area (Å²) in [6.45, 7) is 4.63. The van der Waals surface area contributed by atoms with Crippen molar-refractivity contribution in [1.29, 1.82) is 0 Å². The first-order valence-electron chi connectivity index (χ1n) is 6.21. The van der Waals surface area contributed by atoms with Gasteiger partial charge in [-0.2, -0.15) is 0 Å². The van der Waals surface area contributed by atoms with E-state index in [1.165, 1.54) is 0 Å². The summed E-state index contributed by atoms with van der Waals surface area (Å²) in [5.74, 6) is 0.152. The summed E-state index contributed by atoms with van der Waals surface area (Å²) >= 11 is 0. The molecule has 0 saturated carbocycles. The lowest BCUT2D eigenvalue weighted by molar-refractivity contribution is 0.0913. The molecule has 96 valence electrons. The van der Waals surface area contributed by atoms with Crippen LogP contribution in [0.25, 0.3) is 0 Å². The zero-order valence-corrected chi connectivity index (χ0v) is 10.5. The van der Waals surface area contributed by atoms with Crippen LogP contribution in [0.1, 0.15) is 38.2 Å². The summed E-state index contributed by atoms with van der Waals surface area (Å²) in [5, 5.41) is 2.92. The van der Waals surface area contributed by atoms with Crippen molar-refractivity contribution >= 4 is 0 Å². The van der Waals surface area contributed by atoms with Crippen LogP contribution in [-0.4, -0.2) is 19.0 Å². The maximum atomic E-state index is 12.8. The standard InChI is InChI=1S/C14H21F2N/c1-3-9-17-13(14(15)16)10-11(2)12-7-5-4-6-8-12/h4-8,11,13-14,17H,3,9-10H2,1-2H3. The fraction of sp³-hybridized carbons (Fsp3) is 0.571. The van der Waals surface area contributed by atoms with Crippen molar-refractivity contribution in [2.24, 2.45) is 0 Å². The molecular weight excluding hydrogens is 220 g/mol. The average molecular weight is 241 g/mol. The molecule has 0 fully saturated rings. The van der Waals surface area contributed by atoms with Gasteiger partial charge in [0.25, 0.3) is 6.43 Å². The average Bonchev–Trinajstić information content (AvgIpc) is 2.35. The van der Waals surface area contributed by atoms with E-state index >= 15 is 0 Å². The number of nitrogens with one attached hydrogen (secondary N) is 1. The second-order valence-electron chi connectivity index (χ2n) is 4.44. The summed E-state index contributed by atoms with van der Waals surface area (Å²) in [6, 6.07) is 9.12. The molecular formula is C14H21F2N. The molecule has 1 aromatic carbocycles. The van der Waals surface area contributed by atoms with Gasteiger partial charge in [0.15, 0.2) is 0 Å². The van der Waals surface area contributed by atoms with E-state index in [2.05, 4.69) is 5.32 Å². The Labute approximate surface area is 102 Å². The maximum absolute atomic E-state index is 12.8. The Morgan fingerprint density at radius 1 is 1.18 bits per heavy atom. The Balaban J connectivity index is 2.54. The molecule has 0 aliphatic rings. The van der Waals surface area contributed by atoms with Crippen LogP contribution in [0.3, 0.4) is 0 Å². The van der Waals surface area contributed by atoms with Crippen molar-refractivity contribution in [2.75, 3.05) is 6.54 Å². The van der Waals surface area contributed by atoms with Crippen LogP contribution in [0.15, 0.2) is 30.3 Å². The third-order valence-corrected chi connectivity index (χ3v) is 2.94. The highest BCUT2D eigenvalue weighted by Crippen LogP contribution is 2.22. The van der Waals surface area contributed by atoms with Crippen LogP contribution in [-0.2, 0) is 0 Å². The molecule has 3 heteroatoms. The minimum absolute atomic E-state index is 0.152. The van der Waals surface area contributed by atoms with E-state index in [4.69, 9.17) is 0 Å². The van der Waals surface area contributed by atoms with Crippen LogP contribution in [0.5, 0.6) is 0 Å². The van der Waals surface area contributed by atoms with Gasteiger partial charge in [-0.1, -0.05) is 44.2 Å². The number of hydrogen-bond donors (Lipinski definition) is 1. The normalized spacial score (nSPS) is 14.9. The fourth-order valence-corrected chi connectivity index (χ4v) is 1.90. The van der Waals surface area contributed by atoms with Crippen LogP contribution < -0.4 is 5.32 Å². The fourth-order valence-electron chi connectivity index (χ4n) is 1.90. The molecule has 0 saturated heterocycles. The second-order valence-corrected chi connectivity index (χ2v) is 4.44. The summed E-state index contributed by atoms with van der Waals surface area (Å²) in [6.07, 6.45) is -0.947. The topological polar surface area (TPSA) is 12.0 Å². The molecule has 0 aliphatic carbocycles. The quantitative estimate of drug-likeness (QED) is 0.765. The molecule has 0 aliphatic heterocycles. The van der Waals surface area contributed by atoms with Crippen molar-refractivity contribution < 1.29 is 8.78 Å². The molecule has 1 rings (SSSR count). The van der Waals surface area contributed by atoms with Crippen LogP contribution in [0, 0.1) is 0 Å². The first-order valence-corrected chi connectivity index (χ1v) is 6.21. The Morgan fingerprint density at radius 3 is 2.35 bits per heavy atom. The van der Waals surface area contributed by atoms with E-state index in [0.717, 1.165) is 12.0 Å². The van der Waals surface area contributed by atoms with Gasteiger partial charge in [-0.3, -0.25) is 0 Å².